The van der Waals surface area contributed by atoms with E-state index in [2.05, 4.69) is 0 Å². The predicted molar refractivity (Wildman–Crippen MR) is 130 cm³/mol. The summed E-state index contributed by atoms with van der Waals surface area (Å²) in [6, 6.07) is 18.4. The van der Waals surface area contributed by atoms with E-state index in [0.29, 0.717) is 11.1 Å². The molecule has 8 nitrogen and oxygen atoms in total. The largest absolute Gasteiger partial charge is 0.462 e. The average Bonchev–Trinajstić information content (AvgIpc) is 3.15. The zero-order chi connectivity index (χ0) is 25.8. The Morgan fingerprint density at radius 3 is 2.00 bits per heavy atom. The Morgan fingerprint density at radius 2 is 1.33 bits per heavy atom. The number of benzene rings is 3. The lowest BCUT2D eigenvalue weighted by atomic mass is 10.1. The summed E-state index contributed by atoms with van der Waals surface area (Å²) < 4.78 is 10.3. The third-order valence-corrected chi connectivity index (χ3v) is 5.46. The van der Waals surface area contributed by atoms with Crippen LogP contribution in [0.3, 0.4) is 0 Å². The highest BCUT2D eigenvalue weighted by Crippen LogP contribution is 2.29. The number of anilines is 1. The third-order valence-electron chi connectivity index (χ3n) is 5.46. The Hall–Kier alpha value is -4.59. The number of ether oxygens (including phenoxy) is 2. The number of hydrogen-bond acceptors (Lipinski definition) is 7. The first-order valence-electron chi connectivity index (χ1n) is 11.3. The summed E-state index contributed by atoms with van der Waals surface area (Å²) in [5.41, 5.74) is 1.21. The number of ketones is 1. The number of rotatable bonds is 8. The van der Waals surface area contributed by atoms with Gasteiger partial charge in [-0.3, -0.25) is 14.4 Å². The molecule has 0 aromatic heterocycles. The van der Waals surface area contributed by atoms with E-state index in [0.717, 1.165) is 4.90 Å². The monoisotopic (exact) mass is 485 g/mol. The topological polar surface area (TPSA) is 107 Å². The molecule has 1 heterocycles. The molecule has 0 fully saturated rings. The van der Waals surface area contributed by atoms with Crippen LogP contribution in [0.4, 0.5) is 5.69 Å². The van der Waals surface area contributed by atoms with Gasteiger partial charge >= 0.3 is 11.9 Å². The normalized spacial score (nSPS) is 12.5. The lowest BCUT2D eigenvalue weighted by Crippen LogP contribution is -2.29. The first-order valence-corrected chi connectivity index (χ1v) is 11.3. The van der Waals surface area contributed by atoms with Crippen LogP contribution in [0, 0.1) is 5.92 Å². The molecular formula is C28H23NO7. The molecule has 182 valence electrons. The molecule has 0 radical (unpaired) electrons. The van der Waals surface area contributed by atoms with Gasteiger partial charge in [-0.2, -0.15) is 0 Å². The van der Waals surface area contributed by atoms with Gasteiger partial charge in [-0.1, -0.05) is 44.2 Å². The van der Waals surface area contributed by atoms with Crippen molar-refractivity contribution < 1.29 is 33.4 Å². The number of Topliss-reactive ketones (excluding diaryl/α,β-unsaturated/α-hetero) is 1. The van der Waals surface area contributed by atoms with E-state index in [-0.39, 0.29) is 40.7 Å². The van der Waals surface area contributed by atoms with E-state index in [4.69, 9.17) is 9.47 Å². The van der Waals surface area contributed by atoms with E-state index in [9.17, 15) is 24.0 Å². The van der Waals surface area contributed by atoms with Crippen LogP contribution in [0.1, 0.15) is 65.6 Å². The van der Waals surface area contributed by atoms with Crippen LogP contribution in [0.15, 0.2) is 72.8 Å². The van der Waals surface area contributed by atoms with Gasteiger partial charge in [0.2, 0.25) is 0 Å². The Kier molecular flexibility index (Phi) is 7.05. The molecule has 0 atom stereocenters. The van der Waals surface area contributed by atoms with Gasteiger partial charge in [-0.05, 0) is 48.4 Å². The second kappa shape index (κ2) is 10.4. The Bertz CT molecular complexity index is 1340. The minimum Gasteiger partial charge on any atom is -0.462 e. The van der Waals surface area contributed by atoms with Crippen LogP contribution < -0.4 is 4.90 Å². The van der Waals surface area contributed by atoms with Crippen molar-refractivity contribution in [3.8, 4) is 0 Å². The van der Waals surface area contributed by atoms with Crippen molar-refractivity contribution >= 4 is 35.2 Å². The second-order valence-electron chi connectivity index (χ2n) is 8.61. The van der Waals surface area contributed by atoms with Gasteiger partial charge < -0.3 is 9.47 Å². The van der Waals surface area contributed by atoms with Crippen molar-refractivity contribution in [2.24, 2.45) is 5.92 Å². The van der Waals surface area contributed by atoms with Crippen molar-refractivity contribution in [2.75, 3.05) is 18.1 Å². The van der Waals surface area contributed by atoms with Gasteiger partial charge in [-0.15, -0.1) is 0 Å². The summed E-state index contributed by atoms with van der Waals surface area (Å²) in [5, 5.41) is 0. The maximum absolute atomic E-state index is 13.0. The molecule has 0 saturated carbocycles. The van der Waals surface area contributed by atoms with Crippen molar-refractivity contribution in [3.05, 3.63) is 101 Å². The molecule has 36 heavy (non-hydrogen) atoms. The van der Waals surface area contributed by atoms with Crippen molar-refractivity contribution in [3.63, 3.8) is 0 Å². The van der Waals surface area contributed by atoms with Gasteiger partial charge in [0.15, 0.2) is 12.4 Å². The zero-order valence-electron chi connectivity index (χ0n) is 19.7. The zero-order valence-corrected chi connectivity index (χ0v) is 19.7. The molecule has 0 N–H and O–H groups in total. The van der Waals surface area contributed by atoms with Crippen LogP contribution in [0.25, 0.3) is 0 Å². The van der Waals surface area contributed by atoms with Crippen molar-refractivity contribution in [2.45, 2.75) is 13.8 Å². The van der Waals surface area contributed by atoms with Gasteiger partial charge in [-0.25, -0.2) is 14.5 Å². The minimum atomic E-state index is -0.787. The van der Waals surface area contributed by atoms with Gasteiger partial charge in [0.1, 0.15) is 0 Å². The second-order valence-corrected chi connectivity index (χ2v) is 8.61. The summed E-state index contributed by atoms with van der Waals surface area (Å²) in [6.45, 7) is 3.68. The number of fused-ring (bicyclic) bond motifs is 1. The highest BCUT2D eigenvalue weighted by Gasteiger charge is 2.37. The molecule has 0 unspecified atom stereocenters. The van der Waals surface area contributed by atoms with Crippen LogP contribution in [-0.4, -0.2) is 42.7 Å². The van der Waals surface area contributed by atoms with E-state index >= 15 is 0 Å². The standard InChI is InChI=1S/C28H23NO7/c1-17(2)15-35-27(33)19-8-11-21(12-9-19)29-25(31)22-13-10-20(14-23(22)26(29)32)28(34)36-16-24(30)18-6-4-3-5-7-18/h3-14,17H,15-16H2,1-2H3. The highest BCUT2D eigenvalue weighted by atomic mass is 16.5. The lowest BCUT2D eigenvalue weighted by molar-refractivity contribution is 0.0457. The lowest BCUT2D eigenvalue weighted by Gasteiger charge is -2.14. The summed E-state index contributed by atoms with van der Waals surface area (Å²) in [6.07, 6.45) is 0. The summed E-state index contributed by atoms with van der Waals surface area (Å²) >= 11 is 0. The Morgan fingerprint density at radius 1 is 0.722 bits per heavy atom. The molecule has 8 heteroatoms. The SMILES string of the molecule is CC(C)COC(=O)c1ccc(N2C(=O)c3ccc(C(=O)OCC(=O)c4ccccc4)cc3C2=O)cc1. The summed E-state index contributed by atoms with van der Waals surface area (Å²) in [7, 11) is 0. The van der Waals surface area contributed by atoms with E-state index in [1.165, 1.54) is 42.5 Å². The molecule has 3 aromatic rings. The number of esters is 2. The fraction of sp³-hybridized carbons (Fsp3) is 0.179. The molecule has 1 aliphatic heterocycles. The van der Waals surface area contributed by atoms with E-state index in [1.54, 1.807) is 30.3 Å². The van der Waals surface area contributed by atoms with E-state index in [1.807, 2.05) is 13.8 Å². The molecule has 0 spiro atoms. The number of nitrogens with zero attached hydrogens (tertiary/aromatic N) is 1. The Labute approximate surface area is 207 Å². The number of amides is 2. The number of carbonyl (C=O) groups excluding carboxylic acids is 5. The predicted octanol–water partition coefficient (Wildman–Crippen LogP) is 4.34. The van der Waals surface area contributed by atoms with Crippen molar-refractivity contribution in [1.82, 2.24) is 0 Å². The van der Waals surface area contributed by atoms with Gasteiger partial charge in [0.05, 0.1) is 34.5 Å². The van der Waals surface area contributed by atoms with Crippen LogP contribution in [0.5, 0.6) is 0 Å². The molecule has 0 aliphatic carbocycles. The molecule has 3 aromatic carbocycles. The Balaban J connectivity index is 1.46. The molecule has 0 bridgehead atoms. The average molecular weight is 485 g/mol. The van der Waals surface area contributed by atoms with Crippen LogP contribution >= 0.6 is 0 Å². The summed E-state index contributed by atoms with van der Waals surface area (Å²) in [4.78, 5) is 63.7. The van der Waals surface area contributed by atoms with Gasteiger partial charge in [0.25, 0.3) is 11.8 Å². The third kappa shape index (κ3) is 5.07. The molecule has 0 saturated heterocycles. The van der Waals surface area contributed by atoms with Crippen LogP contribution in [-0.2, 0) is 9.47 Å². The summed E-state index contributed by atoms with van der Waals surface area (Å²) in [5.74, 6) is -2.61. The maximum Gasteiger partial charge on any atom is 0.338 e. The minimum absolute atomic E-state index is 0.0425. The highest BCUT2D eigenvalue weighted by molar-refractivity contribution is 6.34. The molecule has 2 amide bonds. The number of carbonyl (C=O) groups is 5. The molecule has 1 aliphatic rings. The van der Waals surface area contributed by atoms with Crippen LogP contribution in [0.2, 0.25) is 0 Å². The maximum atomic E-state index is 13.0. The fourth-order valence-corrected chi connectivity index (χ4v) is 3.60. The van der Waals surface area contributed by atoms with Gasteiger partial charge in [0, 0.05) is 5.56 Å². The number of hydrogen-bond donors (Lipinski definition) is 0. The smallest absolute Gasteiger partial charge is 0.338 e. The van der Waals surface area contributed by atoms with Crippen molar-refractivity contribution in [1.29, 1.82) is 0 Å². The first-order chi connectivity index (χ1) is 17.3. The first kappa shape index (κ1) is 24.5. The quantitative estimate of drug-likeness (QED) is 0.265. The fourth-order valence-electron chi connectivity index (χ4n) is 3.60. The molecular weight excluding hydrogens is 462 g/mol. The number of imide groups is 1. The molecule has 4 rings (SSSR count). The van der Waals surface area contributed by atoms with E-state index < -0.39 is 30.4 Å².